The Morgan fingerprint density at radius 1 is 0.253 bits per heavy atom. The Morgan fingerprint density at radius 3 is 0.747 bits per heavy atom. The van der Waals surface area contributed by atoms with E-state index in [1.807, 2.05) is 0 Å². The van der Waals surface area contributed by atoms with Gasteiger partial charge < -0.3 is 14.2 Å². The Hall–Kier alpha value is -3.93. The predicted octanol–water partition coefficient (Wildman–Crippen LogP) is 24.6. The van der Waals surface area contributed by atoms with E-state index in [1.54, 1.807) is 0 Å². The first-order chi connectivity index (χ1) is 41.0. The third kappa shape index (κ3) is 68.7. The Bertz CT molecular complexity index is 1660. The van der Waals surface area contributed by atoms with Gasteiger partial charge in [-0.1, -0.05) is 304 Å². The number of rotatable bonds is 64. The molecule has 0 aromatic rings. The third-order valence-electron chi connectivity index (χ3n) is 15.2. The summed E-state index contributed by atoms with van der Waals surface area (Å²) in [6.07, 6.45) is 96.8. The van der Waals surface area contributed by atoms with Crippen molar-refractivity contribution in [2.24, 2.45) is 0 Å². The molecular formula is C77H132O6. The number of allylic oxidation sites excluding steroid dienone is 18. The van der Waals surface area contributed by atoms with Crippen LogP contribution in [0.1, 0.15) is 342 Å². The molecule has 0 saturated carbocycles. The second kappa shape index (κ2) is 70.6. The standard InChI is InChI=1S/C77H132O6/c1-4-7-10-13-16-19-22-25-28-30-32-33-34-35-36-37-38-39-40-41-42-43-44-45-46-48-49-52-55-58-61-64-67-70-76(79)82-73-74(72-81-75(78)69-66-63-60-57-54-51-27-24-21-18-15-12-9-6-3)83-77(80)71-68-65-62-59-56-53-50-47-31-29-26-23-20-17-14-11-8-5-2/h7,10,16,19,24-25,27-29,31-33,35-36,38-39,41-42,74H,4-6,8-9,11-15,17-18,20-23,26,30,34,37,40,43-73H2,1-3H3/b10-7-,19-16-,27-24-,28-25-,31-29-,33-32-,36-35-,39-38-,42-41-. The van der Waals surface area contributed by atoms with Gasteiger partial charge in [-0.05, 0) is 128 Å². The summed E-state index contributed by atoms with van der Waals surface area (Å²) >= 11 is 0. The van der Waals surface area contributed by atoms with Gasteiger partial charge in [-0.2, -0.15) is 0 Å². The fraction of sp³-hybridized carbons (Fsp3) is 0.727. The van der Waals surface area contributed by atoms with Gasteiger partial charge in [0.2, 0.25) is 0 Å². The SMILES string of the molecule is CC/C=C\C/C=C\C/C=C\C/C=C\C/C=C\C/C=C\C/C=C\CCCCCCCCCCCCCC(=O)OCC(COC(=O)CCCCCCC/C=C\CCCCCCC)OC(=O)CCCCCCCCC/C=C\CCCCCCCCC. The molecule has 0 N–H and O–H groups in total. The Morgan fingerprint density at radius 2 is 0.470 bits per heavy atom. The molecule has 0 aliphatic rings. The molecule has 0 spiro atoms. The van der Waals surface area contributed by atoms with Crippen molar-refractivity contribution in [3.05, 3.63) is 109 Å². The fourth-order valence-electron chi connectivity index (χ4n) is 9.94. The summed E-state index contributed by atoms with van der Waals surface area (Å²) < 4.78 is 17.0. The Labute approximate surface area is 514 Å². The van der Waals surface area contributed by atoms with E-state index in [1.165, 1.54) is 193 Å². The molecule has 0 amide bonds. The van der Waals surface area contributed by atoms with E-state index >= 15 is 0 Å². The van der Waals surface area contributed by atoms with E-state index in [2.05, 4.69) is 130 Å². The van der Waals surface area contributed by atoms with Gasteiger partial charge >= 0.3 is 17.9 Å². The van der Waals surface area contributed by atoms with Crippen molar-refractivity contribution in [2.75, 3.05) is 13.2 Å². The van der Waals surface area contributed by atoms with Crippen molar-refractivity contribution in [2.45, 2.75) is 348 Å². The van der Waals surface area contributed by atoms with Gasteiger partial charge in [0.1, 0.15) is 13.2 Å². The Kier molecular flexibility index (Phi) is 67.2. The van der Waals surface area contributed by atoms with Crippen LogP contribution in [-0.4, -0.2) is 37.2 Å². The molecule has 6 heteroatoms. The first-order valence-electron chi connectivity index (χ1n) is 35.4. The van der Waals surface area contributed by atoms with Crippen LogP contribution in [0.2, 0.25) is 0 Å². The van der Waals surface area contributed by atoms with Crippen molar-refractivity contribution in [1.82, 2.24) is 0 Å². The quantitative estimate of drug-likeness (QED) is 0.0261. The van der Waals surface area contributed by atoms with Crippen LogP contribution in [-0.2, 0) is 28.6 Å². The van der Waals surface area contributed by atoms with Gasteiger partial charge in [-0.3, -0.25) is 14.4 Å². The minimum atomic E-state index is -0.786. The monoisotopic (exact) mass is 1150 g/mol. The first-order valence-corrected chi connectivity index (χ1v) is 35.4. The molecule has 0 heterocycles. The van der Waals surface area contributed by atoms with E-state index in [4.69, 9.17) is 14.2 Å². The van der Waals surface area contributed by atoms with Crippen LogP contribution in [0, 0.1) is 0 Å². The van der Waals surface area contributed by atoms with Crippen molar-refractivity contribution in [3.8, 4) is 0 Å². The van der Waals surface area contributed by atoms with Crippen molar-refractivity contribution >= 4 is 17.9 Å². The van der Waals surface area contributed by atoms with Crippen LogP contribution in [0.15, 0.2) is 109 Å². The van der Waals surface area contributed by atoms with Gasteiger partial charge in [0.25, 0.3) is 0 Å². The summed E-state index contributed by atoms with van der Waals surface area (Å²) in [5.41, 5.74) is 0. The predicted molar refractivity (Wildman–Crippen MR) is 362 cm³/mol. The molecule has 0 bridgehead atoms. The van der Waals surface area contributed by atoms with Crippen LogP contribution >= 0.6 is 0 Å². The van der Waals surface area contributed by atoms with Crippen LogP contribution < -0.4 is 0 Å². The molecule has 0 aliphatic carbocycles. The molecule has 83 heavy (non-hydrogen) atoms. The molecule has 0 fully saturated rings. The third-order valence-corrected chi connectivity index (χ3v) is 15.2. The number of ether oxygens (including phenoxy) is 3. The maximum atomic E-state index is 12.9. The Balaban J connectivity index is 4.26. The summed E-state index contributed by atoms with van der Waals surface area (Å²) in [6, 6.07) is 0. The smallest absolute Gasteiger partial charge is 0.306 e. The highest BCUT2D eigenvalue weighted by Crippen LogP contribution is 2.16. The van der Waals surface area contributed by atoms with Gasteiger partial charge in [-0.15, -0.1) is 0 Å². The molecule has 0 radical (unpaired) electrons. The van der Waals surface area contributed by atoms with E-state index in [9.17, 15) is 14.4 Å². The summed E-state index contributed by atoms with van der Waals surface area (Å²) in [5.74, 6) is -0.884. The average Bonchev–Trinajstić information content (AvgIpc) is 3.49. The number of carbonyl (C=O) groups excluding carboxylic acids is 3. The molecular weight excluding hydrogens is 1020 g/mol. The highest BCUT2D eigenvalue weighted by atomic mass is 16.6. The lowest BCUT2D eigenvalue weighted by Gasteiger charge is -2.18. The van der Waals surface area contributed by atoms with Crippen molar-refractivity contribution < 1.29 is 28.6 Å². The molecule has 0 rings (SSSR count). The van der Waals surface area contributed by atoms with Crippen molar-refractivity contribution in [3.63, 3.8) is 0 Å². The molecule has 1 atom stereocenters. The number of carbonyl (C=O) groups is 3. The van der Waals surface area contributed by atoms with E-state index in [-0.39, 0.29) is 31.1 Å². The van der Waals surface area contributed by atoms with Crippen LogP contribution in [0.4, 0.5) is 0 Å². The maximum absolute atomic E-state index is 12.9. The lowest BCUT2D eigenvalue weighted by molar-refractivity contribution is -0.167. The summed E-state index contributed by atoms with van der Waals surface area (Å²) in [4.78, 5) is 38.4. The normalized spacial score (nSPS) is 12.8. The molecule has 1 unspecified atom stereocenters. The molecule has 0 aromatic heterocycles. The minimum absolute atomic E-state index is 0.0821. The van der Waals surface area contributed by atoms with E-state index in [0.717, 1.165) is 109 Å². The van der Waals surface area contributed by atoms with Gasteiger partial charge in [0.15, 0.2) is 6.10 Å². The van der Waals surface area contributed by atoms with Crippen LogP contribution in [0.3, 0.4) is 0 Å². The van der Waals surface area contributed by atoms with Crippen molar-refractivity contribution in [1.29, 1.82) is 0 Å². The lowest BCUT2D eigenvalue weighted by Crippen LogP contribution is -2.30. The van der Waals surface area contributed by atoms with Gasteiger partial charge in [-0.25, -0.2) is 0 Å². The highest BCUT2D eigenvalue weighted by molar-refractivity contribution is 5.71. The molecule has 476 valence electrons. The van der Waals surface area contributed by atoms with Gasteiger partial charge in [0.05, 0.1) is 0 Å². The molecule has 0 aliphatic heterocycles. The number of esters is 3. The number of hydrogen-bond acceptors (Lipinski definition) is 6. The van der Waals surface area contributed by atoms with Gasteiger partial charge in [0, 0.05) is 19.3 Å². The number of unbranched alkanes of at least 4 members (excludes halogenated alkanes) is 35. The lowest BCUT2D eigenvalue weighted by atomic mass is 10.0. The molecule has 0 aromatic carbocycles. The van der Waals surface area contributed by atoms with Crippen LogP contribution in [0.5, 0.6) is 0 Å². The molecule has 0 saturated heterocycles. The largest absolute Gasteiger partial charge is 0.462 e. The second-order valence-corrected chi connectivity index (χ2v) is 23.4. The van der Waals surface area contributed by atoms with E-state index < -0.39 is 6.10 Å². The highest BCUT2D eigenvalue weighted by Gasteiger charge is 2.19. The zero-order valence-corrected chi connectivity index (χ0v) is 54.7. The second-order valence-electron chi connectivity index (χ2n) is 23.4. The minimum Gasteiger partial charge on any atom is -0.462 e. The first kappa shape index (κ1) is 79.1. The zero-order chi connectivity index (χ0) is 59.9. The zero-order valence-electron chi connectivity index (χ0n) is 54.7. The average molecular weight is 1150 g/mol. The summed E-state index contributed by atoms with van der Waals surface area (Å²) in [6.45, 7) is 6.54. The van der Waals surface area contributed by atoms with E-state index in [0.29, 0.717) is 19.3 Å². The fourth-order valence-corrected chi connectivity index (χ4v) is 9.94. The topological polar surface area (TPSA) is 78.9 Å². The summed E-state index contributed by atoms with van der Waals surface area (Å²) in [5, 5.41) is 0. The molecule has 6 nitrogen and oxygen atoms in total. The van der Waals surface area contributed by atoms with Crippen LogP contribution in [0.25, 0.3) is 0 Å². The number of hydrogen-bond donors (Lipinski definition) is 0. The summed E-state index contributed by atoms with van der Waals surface area (Å²) in [7, 11) is 0. The maximum Gasteiger partial charge on any atom is 0.306 e.